The molecule has 2 rings (SSSR count). The van der Waals surface area contributed by atoms with Crippen molar-refractivity contribution < 1.29 is 16.8 Å². The highest BCUT2D eigenvalue weighted by Gasteiger charge is 2.31. The molecule has 10 heteroatoms. The average molecular weight is 364 g/mol. The summed E-state index contributed by atoms with van der Waals surface area (Å²) in [4.78, 5) is 3.90. The van der Waals surface area contributed by atoms with Crippen LogP contribution in [0, 0.1) is 0 Å². The van der Waals surface area contributed by atoms with Crippen LogP contribution in [0.25, 0.3) is 0 Å². The SMILES string of the molecule is CCCCS(=O)(=O)N1CCCN(S(=O)(=O)c2cn(C)cn2)CC1. The molecular weight excluding hydrogens is 340 g/mol. The van der Waals surface area contributed by atoms with Gasteiger partial charge in [0, 0.05) is 39.4 Å². The minimum atomic E-state index is -3.67. The van der Waals surface area contributed by atoms with Gasteiger partial charge in [-0.2, -0.15) is 4.31 Å². The molecule has 1 fully saturated rings. The Morgan fingerprint density at radius 2 is 1.74 bits per heavy atom. The fraction of sp³-hybridized carbons (Fsp3) is 0.769. The van der Waals surface area contributed by atoms with E-state index >= 15 is 0 Å². The molecule has 0 aliphatic carbocycles. The Kier molecular flexibility index (Phi) is 5.82. The van der Waals surface area contributed by atoms with E-state index < -0.39 is 20.0 Å². The zero-order valence-electron chi connectivity index (χ0n) is 13.5. The van der Waals surface area contributed by atoms with E-state index in [1.807, 2.05) is 6.92 Å². The van der Waals surface area contributed by atoms with Crippen molar-refractivity contribution in [3.05, 3.63) is 12.5 Å². The van der Waals surface area contributed by atoms with Gasteiger partial charge in [-0.05, 0) is 12.8 Å². The third kappa shape index (κ3) is 4.31. The molecule has 1 aromatic rings. The predicted octanol–water partition coefficient (Wildman–Crippen LogP) is 0.246. The highest BCUT2D eigenvalue weighted by molar-refractivity contribution is 7.89. The van der Waals surface area contributed by atoms with E-state index in [4.69, 9.17) is 0 Å². The number of hydrogen-bond acceptors (Lipinski definition) is 5. The van der Waals surface area contributed by atoms with Crippen LogP contribution in [-0.2, 0) is 27.1 Å². The largest absolute Gasteiger partial charge is 0.339 e. The first-order valence-corrected chi connectivity index (χ1v) is 10.8. The third-order valence-corrected chi connectivity index (χ3v) is 7.59. The summed E-state index contributed by atoms with van der Waals surface area (Å²) in [5.74, 6) is 0.122. The Bertz CT molecular complexity index is 727. The summed E-state index contributed by atoms with van der Waals surface area (Å²) in [6.45, 7) is 2.96. The van der Waals surface area contributed by atoms with Crippen LogP contribution in [0.15, 0.2) is 17.6 Å². The van der Waals surface area contributed by atoms with E-state index in [-0.39, 0.29) is 23.9 Å². The highest BCUT2D eigenvalue weighted by Crippen LogP contribution is 2.17. The lowest BCUT2D eigenvalue weighted by atomic mass is 10.4. The Labute approximate surface area is 138 Å². The van der Waals surface area contributed by atoms with Gasteiger partial charge in [0.05, 0.1) is 12.1 Å². The maximum absolute atomic E-state index is 12.6. The van der Waals surface area contributed by atoms with Crippen LogP contribution in [0.3, 0.4) is 0 Å². The van der Waals surface area contributed by atoms with Crippen molar-refractivity contribution in [1.82, 2.24) is 18.2 Å². The van der Waals surface area contributed by atoms with Gasteiger partial charge in [0.15, 0.2) is 5.03 Å². The van der Waals surface area contributed by atoms with Crippen LogP contribution >= 0.6 is 0 Å². The highest BCUT2D eigenvalue weighted by atomic mass is 32.2. The number of nitrogens with zero attached hydrogens (tertiary/aromatic N) is 4. The average Bonchev–Trinajstić information content (AvgIpc) is 2.77. The van der Waals surface area contributed by atoms with Gasteiger partial charge in [0.25, 0.3) is 10.0 Å². The van der Waals surface area contributed by atoms with Crippen LogP contribution in [0.5, 0.6) is 0 Å². The van der Waals surface area contributed by atoms with Gasteiger partial charge in [-0.25, -0.2) is 26.1 Å². The number of aromatic nitrogens is 2. The summed E-state index contributed by atoms with van der Waals surface area (Å²) in [6, 6.07) is 0. The molecule has 2 heterocycles. The molecule has 8 nitrogen and oxygen atoms in total. The third-order valence-electron chi connectivity index (χ3n) is 3.85. The van der Waals surface area contributed by atoms with Crippen LogP contribution in [0.1, 0.15) is 26.2 Å². The minimum Gasteiger partial charge on any atom is -0.339 e. The fourth-order valence-corrected chi connectivity index (χ4v) is 5.61. The first-order valence-electron chi connectivity index (χ1n) is 7.73. The van der Waals surface area contributed by atoms with Gasteiger partial charge < -0.3 is 4.57 Å². The molecule has 0 saturated carbocycles. The summed E-state index contributed by atoms with van der Waals surface area (Å²) in [5.41, 5.74) is 0. The topological polar surface area (TPSA) is 92.6 Å². The Morgan fingerprint density at radius 1 is 1.09 bits per heavy atom. The smallest absolute Gasteiger partial charge is 0.262 e. The van der Waals surface area contributed by atoms with Gasteiger partial charge >= 0.3 is 0 Å². The van der Waals surface area contributed by atoms with Crippen molar-refractivity contribution in [2.75, 3.05) is 31.9 Å². The van der Waals surface area contributed by atoms with Crippen molar-refractivity contribution in [2.24, 2.45) is 7.05 Å². The molecular formula is C13H24N4O4S2. The van der Waals surface area contributed by atoms with Gasteiger partial charge in [-0.15, -0.1) is 0 Å². The predicted molar refractivity (Wildman–Crippen MR) is 86.9 cm³/mol. The quantitative estimate of drug-likeness (QED) is 0.721. The molecule has 1 aromatic heterocycles. The van der Waals surface area contributed by atoms with E-state index in [1.165, 1.54) is 21.1 Å². The van der Waals surface area contributed by atoms with Crippen molar-refractivity contribution >= 4 is 20.0 Å². The number of imidazole rings is 1. The Hall–Kier alpha value is -0.970. The van der Waals surface area contributed by atoms with E-state index in [9.17, 15) is 16.8 Å². The van der Waals surface area contributed by atoms with E-state index in [0.29, 0.717) is 25.9 Å². The molecule has 132 valence electrons. The fourth-order valence-electron chi connectivity index (χ4n) is 2.50. The van der Waals surface area contributed by atoms with Crippen molar-refractivity contribution in [1.29, 1.82) is 0 Å². The number of hydrogen-bond donors (Lipinski definition) is 0. The molecule has 0 aromatic carbocycles. The normalized spacial score (nSPS) is 18.9. The van der Waals surface area contributed by atoms with E-state index in [1.54, 1.807) is 11.6 Å². The Morgan fingerprint density at radius 3 is 2.35 bits per heavy atom. The Balaban J connectivity index is 2.09. The zero-order valence-corrected chi connectivity index (χ0v) is 15.2. The van der Waals surface area contributed by atoms with Gasteiger partial charge in [-0.1, -0.05) is 13.3 Å². The maximum atomic E-state index is 12.6. The van der Waals surface area contributed by atoms with Crippen LogP contribution in [-0.4, -0.2) is 66.9 Å². The molecule has 23 heavy (non-hydrogen) atoms. The minimum absolute atomic E-state index is 0.00212. The van der Waals surface area contributed by atoms with E-state index in [2.05, 4.69) is 4.98 Å². The molecule has 0 radical (unpaired) electrons. The number of aryl methyl sites for hydroxylation is 1. The summed E-state index contributed by atoms with van der Waals surface area (Å²) in [5, 5.41) is 0.00212. The molecule has 0 atom stereocenters. The van der Waals surface area contributed by atoms with Crippen molar-refractivity contribution in [2.45, 2.75) is 31.2 Å². The number of sulfonamides is 2. The molecule has 0 amide bonds. The summed E-state index contributed by atoms with van der Waals surface area (Å²) < 4.78 is 54.0. The summed E-state index contributed by atoms with van der Waals surface area (Å²) >= 11 is 0. The molecule has 0 N–H and O–H groups in total. The van der Waals surface area contributed by atoms with E-state index in [0.717, 1.165) is 6.42 Å². The summed E-state index contributed by atoms with van der Waals surface area (Å²) in [6.07, 6.45) is 4.81. The van der Waals surface area contributed by atoms with Crippen molar-refractivity contribution in [3.8, 4) is 0 Å². The standard InChI is InChI=1S/C13H24N4O4S2/c1-3-4-10-22(18,19)16-6-5-7-17(9-8-16)23(20,21)13-11-15(2)12-14-13/h11-12H,3-10H2,1-2H3. The zero-order chi connectivity index (χ0) is 17.1. The first-order chi connectivity index (χ1) is 10.8. The first kappa shape index (κ1) is 18.4. The van der Waals surface area contributed by atoms with Crippen LogP contribution < -0.4 is 0 Å². The summed E-state index contributed by atoms with van der Waals surface area (Å²) in [7, 11) is -5.27. The van der Waals surface area contributed by atoms with Gasteiger partial charge in [0.1, 0.15) is 0 Å². The molecule has 0 bridgehead atoms. The molecule has 1 aliphatic heterocycles. The molecule has 1 saturated heterocycles. The monoisotopic (exact) mass is 364 g/mol. The number of unbranched alkanes of at least 4 members (excludes halogenated alkanes) is 1. The number of rotatable bonds is 6. The van der Waals surface area contributed by atoms with Gasteiger partial charge in [-0.3, -0.25) is 0 Å². The van der Waals surface area contributed by atoms with Crippen LogP contribution in [0.2, 0.25) is 0 Å². The maximum Gasteiger partial charge on any atom is 0.262 e. The molecule has 0 unspecified atom stereocenters. The molecule has 1 aliphatic rings. The lowest BCUT2D eigenvalue weighted by molar-refractivity contribution is 0.403. The second-order valence-corrected chi connectivity index (χ2v) is 9.68. The van der Waals surface area contributed by atoms with Gasteiger partial charge in [0.2, 0.25) is 10.0 Å². The lowest BCUT2D eigenvalue weighted by Crippen LogP contribution is -2.38. The van der Waals surface area contributed by atoms with Crippen molar-refractivity contribution in [3.63, 3.8) is 0 Å². The van der Waals surface area contributed by atoms with Crippen LogP contribution in [0.4, 0.5) is 0 Å². The second kappa shape index (κ2) is 7.29. The molecule has 0 spiro atoms. The lowest BCUT2D eigenvalue weighted by Gasteiger charge is -2.21. The second-order valence-electron chi connectivity index (χ2n) is 5.70.